The number of likely N-dealkylation sites (tertiary alicyclic amines) is 1. The minimum absolute atomic E-state index is 0.0193. The van der Waals surface area contributed by atoms with E-state index in [1.165, 1.54) is 7.11 Å². The molecule has 1 atom stereocenters. The van der Waals surface area contributed by atoms with E-state index in [1.54, 1.807) is 4.90 Å². The largest absolute Gasteiger partial charge is 0.472 e. The monoisotopic (exact) mass is 304 g/mol. The third-order valence-corrected chi connectivity index (χ3v) is 3.12. The SMILES string of the molecule is COCC(=O)N1CCC(Oc2cc(C(F)(F)F)ccn2)C1. The Hall–Kier alpha value is -1.83. The maximum absolute atomic E-state index is 12.6. The fourth-order valence-electron chi connectivity index (χ4n) is 2.09. The van der Waals surface area contributed by atoms with Crippen LogP contribution in [0.4, 0.5) is 13.2 Å². The minimum atomic E-state index is -4.43. The number of hydrogen-bond acceptors (Lipinski definition) is 4. The summed E-state index contributed by atoms with van der Waals surface area (Å²) in [5, 5.41) is 0. The lowest BCUT2D eigenvalue weighted by Crippen LogP contribution is -2.33. The van der Waals surface area contributed by atoms with E-state index in [0.29, 0.717) is 19.5 Å². The third-order valence-electron chi connectivity index (χ3n) is 3.12. The number of ether oxygens (including phenoxy) is 2. The average molecular weight is 304 g/mol. The maximum atomic E-state index is 12.6. The second-order valence-electron chi connectivity index (χ2n) is 4.68. The normalized spacial score (nSPS) is 18.9. The van der Waals surface area contributed by atoms with Gasteiger partial charge in [0.15, 0.2) is 0 Å². The molecule has 116 valence electrons. The van der Waals surface area contributed by atoms with Crippen LogP contribution in [0.3, 0.4) is 0 Å². The molecule has 5 nitrogen and oxygen atoms in total. The Morgan fingerprint density at radius 1 is 1.52 bits per heavy atom. The molecule has 1 aromatic heterocycles. The van der Waals surface area contributed by atoms with Crippen LogP contribution in [0.2, 0.25) is 0 Å². The first-order valence-electron chi connectivity index (χ1n) is 6.37. The number of pyridine rings is 1. The minimum Gasteiger partial charge on any atom is -0.472 e. The summed E-state index contributed by atoms with van der Waals surface area (Å²) < 4.78 is 47.9. The zero-order valence-corrected chi connectivity index (χ0v) is 11.4. The van der Waals surface area contributed by atoms with Gasteiger partial charge in [-0.05, 0) is 6.07 Å². The number of carbonyl (C=O) groups excluding carboxylic acids is 1. The van der Waals surface area contributed by atoms with E-state index in [1.807, 2.05) is 0 Å². The number of nitrogens with zero attached hydrogens (tertiary/aromatic N) is 2. The Kier molecular flexibility index (Phi) is 4.66. The van der Waals surface area contributed by atoms with Crippen LogP contribution in [0.5, 0.6) is 5.88 Å². The molecule has 0 aliphatic carbocycles. The van der Waals surface area contributed by atoms with Crippen LogP contribution in [-0.4, -0.2) is 48.7 Å². The van der Waals surface area contributed by atoms with Crippen molar-refractivity contribution in [2.75, 3.05) is 26.8 Å². The molecule has 8 heteroatoms. The summed E-state index contributed by atoms with van der Waals surface area (Å²) >= 11 is 0. The number of methoxy groups -OCH3 is 1. The van der Waals surface area contributed by atoms with Crippen molar-refractivity contribution < 1.29 is 27.4 Å². The Labute approximate surface area is 119 Å². The topological polar surface area (TPSA) is 51.7 Å². The summed E-state index contributed by atoms with van der Waals surface area (Å²) in [6, 6.07) is 1.75. The number of amides is 1. The first-order valence-corrected chi connectivity index (χ1v) is 6.37. The van der Waals surface area contributed by atoms with Gasteiger partial charge in [-0.3, -0.25) is 4.79 Å². The molecule has 0 bridgehead atoms. The molecule has 1 aliphatic rings. The predicted octanol–water partition coefficient (Wildman–Crippen LogP) is 1.73. The number of halogens is 3. The van der Waals surface area contributed by atoms with Crippen LogP contribution < -0.4 is 4.74 Å². The van der Waals surface area contributed by atoms with Crippen molar-refractivity contribution in [2.24, 2.45) is 0 Å². The van der Waals surface area contributed by atoms with Gasteiger partial charge in [0.25, 0.3) is 0 Å². The molecule has 0 saturated carbocycles. The van der Waals surface area contributed by atoms with E-state index in [4.69, 9.17) is 9.47 Å². The van der Waals surface area contributed by atoms with E-state index in [0.717, 1.165) is 18.3 Å². The summed E-state index contributed by atoms with van der Waals surface area (Å²) in [6.07, 6.45) is -3.19. The van der Waals surface area contributed by atoms with Gasteiger partial charge in [-0.15, -0.1) is 0 Å². The highest BCUT2D eigenvalue weighted by atomic mass is 19.4. The predicted molar refractivity (Wildman–Crippen MR) is 66.7 cm³/mol. The smallest absolute Gasteiger partial charge is 0.416 e. The molecule has 21 heavy (non-hydrogen) atoms. The van der Waals surface area contributed by atoms with E-state index in [9.17, 15) is 18.0 Å². The molecule has 1 fully saturated rings. The quantitative estimate of drug-likeness (QED) is 0.850. The van der Waals surface area contributed by atoms with Gasteiger partial charge in [-0.25, -0.2) is 4.98 Å². The fraction of sp³-hybridized carbons (Fsp3) is 0.538. The molecule has 0 radical (unpaired) electrons. The van der Waals surface area contributed by atoms with Gasteiger partial charge < -0.3 is 14.4 Å². The molecule has 1 aromatic rings. The Morgan fingerprint density at radius 2 is 2.29 bits per heavy atom. The first-order chi connectivity index (χ1) is 9.90. The van der Waals surface area contributed by atoms with Crippen LogP contribution in [0.25, 0.3) is 0 Å². The zero-order chi connectivity index (χ0) is 15.5. The van der Waals surface area contributed by atoms with E-state index < -0.39 is 11.7 Å². The standard InChI is InChI=1S/C13H15F3N2O3/c1-20-8-12(19)18-5-3-10(7-18)21-11-6-9(2-4-17-11)13(14,15)16/h2,4,6,10H,3,5,7-8H2,1H3. The van der Waals surface area contributed by atoms with Gasteiger partial charge >= 0.3 is 6.18 Å². The summed E-state index contributed by atoms with van der Waals surface area (Å²) in [5.74, 6) is -0.253. The van der Waals surface area contributed by atoms with Crippen molar-refractivity contribution in [3.8, 4) is 5.88 Å². The number of alkyl halides is 3. The van der Waals surface area contributed by atoms with Crippen molar-refractivity contribution in [3.63, 3.8) is 0 Å². The molecular formula is C13H15F3N2O3. The molecule has 0 N–H and O–H groups in total. The number of carbonyl (C=O) groups is 1. The molecule has 1 aliphatic heterocycles. The number of aromatic nitrogens is 1. The van der Waals surface area contributed by atoms with Crippen molar-refractivity contribution in [2.45, 2.75) is 18.7 Å². The van der Waals surface area contributed by atoms with Gasteiger partial charge in [0, 0.05) is 32.3 Å². The summed E-state index contributed by atoms with van der Waals surface area (Å²) in [5.41, 5.74) is -0.808. The number of hydrogen-bond donors (Lipinski definition) is 0. The van der Waals surface area contributed by atoms with Crippen LogP contribution in [0.15, 0.2) is 18.3 Å². The van der Waals surface area contributed by atoms with Gasteiger partial charge in [0.2, 0.25) is 11.8 Å². The second-order valence-corrected chi connectivity index (χ2v) is 4.68. The molecule has 0 aromatic carbocycles. The van der Waals surface area contributed by atoms with Crippen molar-refractivity contribution >= 4 is 5.91 Å². The fourth-order valence-corrected chi connectivity index (χ4v) is 2.09. The van der Waals surface area contributed by atoms with Gasteiger partial charge in [0.05, 0.1) is 12.1 Å². The highest BCUT2D eigenvalue weighted by Crippen LogP contribution is 2.30. The van der Waals surface area contributed by atoms with E-state index >= 15 is 0 Å². The molecule has 0 spiro atoms. The Bertz CT molecular complexity index is 508. The van der Waals surface area contributed by atoms with Crippen molar-refractivity contribution in [1.29, 1.82) is 0 Å². The highest BCUT2D eigenvalue weighted by Gasteiger charge is 2.32. The van der Waals surface area contributed by atoms with Crippen molar-refractivity contribution in [1.82, 2.24) is 9.88 Å². The van der Waals surface area contributed by atoms with Gasteiger partial charge in [-0.1, -0.05) is 0 Å². The van der Waals surface area contributed by atoms with Crippen LogP contribution in [0, 0.1) is 0 Å². The Balaban J connectivity index is 1.96. The maximum Gasteiger partial charge on any atom is 0.416 e. The summed E-state index contributed by atoms with van der Waals surface area (Å²) in [7, 11) is 1.43. The van der Waals surface area contributed by atoms with Crippen LogP contribution >= 0.6 is 0 Å². The molecule has 1 amide bonds. The van der Waals surface area contributed by atoms with Crippen molar-refractivity contribution in [3.05, 3.63) is 23.9 Å². The molecule has 1 unspecified atom stereocenters. The molecule has 2 heterocycles. The molecular weight excluding hydrogens is 289 g/mol. The molecule has 2 rings (SSSR count). The summed E-state index contributed by atoms with van der Waals surface area (Å²) in [6.45, 7) is 0.792. The van der Waals surface area contributed by atoms with Crippen LogP contribution in [-0.2, 0) is 15.7 Å². The van der Waals surface area contributed by atoms with E-state index in [-0.39, 0.29) is 24.5 Å². The van der Waals surface area contributed by atoms with E-state index in [2.05, 4.69) is 4.98 Å². The lowest BCUT2D eigenvalue weighted by Gasteiger charge is -2.17. The van der Waals surface area contributed by atoms with Gasteiger partial charge in [0.1, 0.15) is 12.7 Å². The first kappa shape index (κ1) is 15.6. The molecule has 1 saturated heterocycles. The summed E-state index contributed by atoms with van der Waals surface area (Å²) in [4.78, 5) is 16.9. The highest BCUT2D eigenvalue weighted by molar-refractivity contribution is 5.77. The zero-order valence-electron chi connectivity index (χ0n) is 11.4. The second kappa shape index (κ2) is 6.30. The third kappa shape index (κ3) is 4.07. The Morgan fingerprint density at radius 3 is 2.95 bits per heavy atom. The average Bonchev–Trinajstić information content (AvgIpc) is 2.87. The number of rotatable bonds is 4. The van der Waals surface area contributed by atoms with Crippen LogP contribution in [0.1, 0.15) is 12.0 Å². The lowest BCUT2D eigenvalue weighted by molar-refractivity contribution is -0.137. The lowest BCUT2D eigenvalue weighted by atomic mass is 10.2. The van der Waals surface area contributed by atoms with Gasteiger partial charge in [-0.2, -0.15) is 13.2 Å².